The van der Waals surface area contributed by atoms with E-state index in [2.05, 4.69) is 39.0 Å². The Morgan fingerprint density at radius 1 is 1.36 bits per heavy atom. The molecule has 2 atom stereocenters. The molecule has 7 heteroatoms. The fourth-order valence-corrected chi connectivity index (χ4v) is 3.28. The summed E-state index contributed by atoms with van der Waals surface area (Å²) in [6.07, 6.45) is 7.78. The fourth-order valence-electron chi connectivity index (χ4n) is 3.28. The SMILES string of the molecule is CC(C)[C@H]1OCCC[C@@H]1Nc1cc(N(C)Cc2nccn2C)ncn1. The van der Waals surface area contributed by atoms with E-state index in [4.69, 9.17) is 4.74 Å². The second-order valence-electron chi connectivity index (χ2n) is 7.04. The number of rotatable bonds is 6. The Labute approximate surface area is 149 Å². The van der Waals surface area contributed by atoms with Crippen molar-refractivity contribution in [2.75, 3.05) is 23.9 Å². The van der Waals surface area contributed by atoms with Crippen molar-refractivity contribution in [3.8, 4) is 0 Å². The van der Waals surface area contributed by atoms with Gasteiger partial charge in [0.1, 0.15) is 23.8 Å². The molecule has 1 saturated heterocycles. The number of anilines is 2. The van der Waals surface area contributed by atoms with Crippen molar-refractivity contribution in [3.63, 3.8) is 0 Å². The number of ether oxygens (including phenoxy) is 1. The molecule has 1 N–H and O–H groups in total. The normalized spacial score (nSPS) is 20.7. The van der Waals surface area contributed by atoms with E-state index < -0.39 is 0 Å². The summed E-state index contributed by atoms with van der Waals surface area (Å²) in [6.45, 7) is 5.96. The molecule has 0 radical (unpaired) electrons. The van der Waals surface area contributed by atoms with E-state index in [1.54, 1.807) is 6.33 Å². The highest BCUT2D eigenvalue weighted by Crippen LogP contribution is 2.24. The molecule has 25 heavy (non-hydrogen) atoms. The van der Waals surface area contributed by atoms with Crippen molar-refractivity contribution in [2.45, 2.75) is 45.4 Å². The highest BCUT2D eigenvalue weighted by atomic mass is 16.5. The van der Waals surface area contributed by atoms with Crippen molar-refractivity contribution in [3.05, 3.63) is 30.6 Å². The van der Waals surface area contributed by atoms with Crippen LogP contribution in [0.15, 0.2) is 24.8 Å². The molecule has 0 aliphatic carbocycles. The molecular formula is C18H28N6O. The second kappa shape index (κ2) is 7.82. The summed E-state index contributed by atoms with van der Waals surface area (Å²) in [6, 6.07) is 2.28. The van der Waals surface area contributed by atoms with Crippen LogP contribution in [-0.4, -0.2) is 45.3 Å². The Kier molecular flexibility index (Phi) is 5.53. The van der Waals surface area contributed by atoms with Gasteiger partial charge in [0.2, 0.25) is 0 Å². The lowest BCUT2D eigenvalue weighted by Crippen LogP contribution is -2.43. The summed E-state index contributed by atoms with van der Waals surface area (Å²) in [4.78, 5) is 15.3. The summed E-state index contributed by atoms with van der Waals surface area (Å²) in [7, 11) is 4.01. The quantitative estimate of drug-likeness (QED) is 0.868. The highest BCUT2D eigenvalue weighted by Gasteiger charge is 2.28. The highest BCUT2D eigenvalue weighted by molar-refractivity contribution is 5.48. The third-order valence-electron chi connectivity index (χ3n) is 4.70. The molecule has 0 unspecified atom stereocenters. The van der Waals surface area contributed by atoms with Gasteiger partial charge in [-0.15, -0.1) is 0 Å². The van der Waals surface area contributed by atoms with Crippen LogP contribution < -0.4 is 10.2 Å². The molecule has 3 rings (SSSR count). The number of hydrogen-bond acceptors (Lipinski definition) is 6. The van der Waals surface area contributed by atoms with Crippen LogP contribution in [0.5, 0.6) is 0 Å². The fraction of sp³-hybridized carbons (Fsp3) is 0.611. The molecule has 0 bridgehead atoms. The van der Waals surface area contributed by atoms with Gasteiger partial charge in [0.25, 0.3) is 0 Å². The third kappa shape index (κ3) is 4.28. The first-order valence-electron chi connectivity index (χ1n) is 8.92. The van der Waals surface area contributed by atoms with Crippen molar-refractivity contribution >= 4 is 11.6 Å². The summed E-state index contributed by atoms with van der Waals surface area (Å²) >= 11 is 0. The zero-order valence-corrected chi connectivity index (χ0v) is 15.5. The molecule has 0 amide bonds. The minimum Gasteiger partial charge on any atom is -0.376 e. The molecular weight excluding hydrogens is 316 g/mol. The van der Waals surface area contributed by atoms with Crippen LogP contribution in [-0.2, 0) is 18.3 Å². The van der Waals surface area contributed by atoms with Crippen LogP contribution >= 0.6 is 0 Å². The van der Waals surface area contributed by atoms with E-state index in [9.17, 15) is 0 Å². The monoisotopic (exact) mass is 344 g/mol. The molecule has 0 aromatic carbocycles. The van der Waals surface area contributed by atoms with Crippen LogP contribution in [0.4, 0.5) is 11.6 Å². The van der Waals surface area contributed by atoms with Crippen LogP contribution in [0.1, 0.15) is 32.5 Å². The number of aromatic nitrogens is 4. The third-order valence-corrected chi connectivity index (χ3v) is 4.70. The summed E-state index contributed by atoms with van der Waals surface area (Å²) in [5.74, 6) is 3.19. The van der Waals surface area contributed by atoms with Gasteiger partial charge in [-0.2, -0.15) is 0 Å². The molecule has 2 aromatic rings. The first kappa shape index (κ1) is 17.7. The Balaban J connectivity index is 1.69. The predicted molar refractivity (Wildman–Crippen MR) is 98.6 cm³/mol. The minimum atomic E-state index is 0.220. The lowest BCUT2D eigenvalue weighted by molar-refractivity contribution is -0.0203. The first-order valence-corrected chi connectivity index (χ1v) is 8.92. The van der Waals surface area contributed by atoms with Crippen molar-refractivity contribution in [2.24, 2.45) is 13.0 Å². The van der Waals surface area contributed by atoms with Crippen LogP contribution in [0.25, 0.3) is 0 Å². The second-order valence-corrected chi connectivity index (χ2v) is 7.04. The van der Waals surface area contributed by atoms with Gasteiger partial charge >= 0.3 is 0 Å². The summed E-state index contributed by atoms with van der Waals surface area (Å²) in [5, 5.41) is 3.55. The van der Waals surface area contributed by atoms with E-state index in [0.717, 1.165) is 36.9 Å². The smallest absolute Gasteiger partial charge is 0.134 e. The largest absolute Gasteiger partial charge is 0.376 e. The van der Waals surface area contributed by atoms with E-state index in [1.165, 1.54) is 0 Å². The number of nitrogens with zero attached hydrogens (tertiary/aromatic N) is 5. The average Bonchev–Trinajstić information content (AvgIpc) is 3.00. The maximum absolute atomic E-state index is 5.96. The number of nitrogens with one attached hydrogen (secondary N) is 1. The van der Waals surface area contributed by atoms with Gasteiger partial charge in [-0.05, 0) is 18.8 Å². The Morgan fingerprint density at radius 2 is 2.20 bits per heavy atom. The van der Waals surface area contributed by atoms with Crippen LogP contribution in [0.2, 0.25) is 0 Å². The maximum Gasteiger partial charge on any atom is 0.134 e. The van der Waals surface area contributed by atoms with Crippen molar-refractivity contribution < 1.29 is 4.74 Å². The maximum atomic E-state index is 5.96. The van der Waals surface area contributed by atoms with Gasteiger partial charge in [0.05, 0.1) is 18.7 Å². The number of hydrogen-bond donors (Lipinski definition) is 1. The van der Waals surface area contributed by atoms with Crippen LogP contribution in [0.3, 0.4) is 0 Å². The summed E-state index contributed by atoms with van der Waals surface area (Å²) < 4.78 is 7.98. The summed E-state index contributed by atoms with van der Waals surface area (Å²) in [5.41, 5.74) is 0. The van der Waals surface area contributed by atoms with E-state index in [1.807, 2.05) is 37.1 Å². The van der Waals surface area contributed by atoms with Gasteiger partial charge in [-0.3, -0.25) is 0 Å². The van der Waals surface area contributed by atoms with Crippen molar-refractivity contribution in [1.29, 1.82) is 0 Å². The predicted octanol–water partition coefficient (Wildman–Crippen LogP) is 2.46. The Hall–Kier alpha value is -2.15. The number of aryl methyl sites for hydroxylation is 1. The Morgan fingerprint density at radius 3 is 2.92 bits per heavy atom. The zero-order valence-electron chi connectivity index (χ0n) is 15.5. The molecule has 136 valence electrons. The molecule has 0 saturated carbocycles. The van der Waals surface area contributed by atoms with Gasteiger partial charge in [0.15, 0.2) is 0 Å². The Bertz CT molecular complexity index is 686. The molecule has 1 aliphatic rings. The molecule has 3 heterocycles. The molecule has 7 nitrogen and oxygen atoms in total. The lowest BCUT2D eigenvalue weighted by atomic mass is 9.94. The zero-order chi connectivity index (χ0) is 17.8. The molecule has 0 spiro atoms. The van der Waals surface area contributed by atoms with Gasteiger partial charge < -0.3 is 19.5 Å². The average molecular weight is 344 g/mol. The van der Waals surface area contributed by atoms with Gasteiger partial charge in [-0.1, -0.05) is 13.8 Å². The molecule has 1 aliphatic heterocycles. The number of imidazole rings is 1. The molecule has 1 fully saturated rings. The topological polar surface area (TPSA) is 68.1 Å². The van der Waals surface area contributed by atoms with E-state index in [-0.39, 0.29) is 12.1 Å². The molecule has 2 aromatic heterocycles. The van der Waals surface area contributed by atoms with Crippen molar-refractivity contribution in [1.82, 2.24) is 19.5 Å². The first-order chi connectivity index (χ1) is 12.0. The van der Waals surface area contributed by atoms with E-state index in [0.29, 0.717) is 12.5 Å². The minimum absolute atomic E-state index is 0.220. The van der Waals surface area contributed by atoms with Gasteiger partial charge in [0, 0.05) is 39.2 Å². The van der Waals surface area contributed by atoms with Gasteiger partial charge in [-0.25, -0.2) is 15.0 Å². The van der Waals surface area contributed by atoms with E-state index >= 15 is 0 Å². The van der Waals surface area contributed by atoms with Crippen LogP contribution in [0, 0.1) is 5.92 Å². The standard InChI is InChI=1S/C18H28N6O/c1-13(2)18-14(6-5-9-25-18)22-15-10-16(21-12-20-15)24(4)11-17-19-7-8-23(17)3/h7-8,10,12-14,18H,5-6,9,11H2,1-4H3,(H,20,21,22)/t14-,18+/m0/s1. The lowest BCUT2D eigenvalue weighted by Gasteiger charge is -2.35.